The molecule has 15 heavy (non-hydrogen) atoms. The number of nitrogens with one attached hydrogen (secondary N) is 1. The summed E-state index contributed by atoms with van der Waals surface area (Å²) in [6.45, 7) is 3.55. The van der Waals surface area contributed by atoms with Crippen molar-refractivity contribution in [3.63, 3.8) is 0 Å². The van der Waals surface area contributed by atoms with Gasteiger partial charge in [-0.25, -0.2) is 0 Å². The molecule has 1 heterocycles. The van der Waals surface area contributed by atoms with Gasteiger partial charge in [0, 0.05) is 17.1 Å². The zero-order valence-electron chi connectivity index (χ0n) is 9.16. The number of fused-ring (bicyclic) bond motifs is 1. The van der Waals surface area contributed by atoms with E-state index in [1.54, 1.807) is 21.0 Å². The van der Waals surface area contributed by atoms with Crippen molar-refractivity contribution in [2.75, 3.05) is 7.11 Å². The zero-order valence-corrected chi connectivity index (χ0v) is 9.16. The van der Waals surface area contributed by atoms with Crippen LogP contribution in [0.1, 0.15) is 19.4 Å². The first kappa shape index (κ1) is 10.1. The number of H-pyrrole nitrogens is 1. The highest BCUT2D eigenvalue weighted by atomic mass is 16.5. The van der Waals surface area contributed by atoms with Crippen molar-refractivity contribution in [1.29, 1.82) is 0 Å². The van der Waals surface area contributed by atoms with E-state index in [9.17, 15) is 5.11 Å². The fourth-order valence-electron chi connectivity index (χ4n) is 1.80. The van der Waals surface area contributed by atoms with E-state index in [-0.39, 0.29) is 0 Å². The van der Waals surface area contributed by atoms with Gasteiger partial charge in [-0.2, -0.15) is 0 Å². The number of aromatic nitrogens is 1. The van der Waals surface area contributed by atoms with Crippen molar-refractivity contribution in [1.82, 2.24) is 4.98 Å². The van der Waals surface area contributed by atoms with Gasteiger partial charge in [-0.15, -0.1) is 0 Å². The number of hydrogen-bond donors (Lipinski definition) is 2. The Kier molecular flexibility index (Phi) is 2.20. The van der Waals surface area contributed by atoms with Crippen LogP contribution < -0.4 is 4.74 Å². The molecule has 0 aliphatic rings. The SMILES string of the molecule is COc1cccc2c(C(C)(C)O)c[nH]c12. The second kappa shape index (κ2) is 3.28. The summed E-state index contributed by atoms with van der Waals surface area (Å²) in [5.41, 5.74) is 0.971. The number of rotatable bonds is 2. The maximum atomic E-state index is 9.98. The summed E-state index contributed by atoms with van der Waals surface area (Å²) >= 11 is 0. The molecule has 0 spiro atoms. The Morgan fingerprint density at radius 1 is 1.33 bits per heavy atom. The van der Waals surface area contributed by atoms with Crippen molar-refractivity contribution >= 4 is 10.9 Å². The van der Waals surface area contributed by atoms with Crippen molar-refractivity contribution in [2.24, 2.45) is 0 Å². The third-order valence-electron chi connectivity index (χ3n) is 2.56. The Labute approximate surface area is 88.7 Å². The molecule has 2 rings (SSSR count). The smallest absolute Gasteiger partial charge is 0.142 e. The van der Waals surface area contributed by atoms with Crippen molar-refractivity contribution in [3.05, 3.63) is 30.0 Å². The van der Waals surface area contributed by atoms with Crippen LogP contribution in [-0.4, -0.2) is 17.2 Å². The minimum Gasteiger partial charge on any atom is -0.495 e. The molecule has 0 saturated heterocycles. The maximum Gasteiger partial charge on any atom is 0.142 e. The van der Waals surface area contributed by atoms with Gasteiger partial charge < -0.3 is 14.8 Å². The molecule has 0 aliphatic carbocycles. The molecule has 0 radical (unpaired) electrons. The standard InChI is InChI=1S/C12H15NO2/c1-12(2,14)9-7-13-11-8(9)5-4-6-10(11)15-3/h4-7,13-14H,1-3H3. The van der Waals surface area contributed by atoms with Gasteiger partial charge in [-0.1, -0.05) is 12.1 Å². The Morgan fingerprint density at radius 3 is 2.67 bits per heavy atom. The van der Waals surface area contributed by atoms with E-state index in [1.807, 2.05) is 24.4 Å². The van der Waals surface area contributed by atoms with Crippen LogP contribution in [0.15, 0.2) is 24.4 Å². The quantitative estimate of drug-likeness (QED) is 0.790. The topological polar surface area (TPSA) is 45.2 Å². The largest absolute Gasteiger partial charge is 0.495 e. The molecule has 2 N–H and O–H groups in total. The second-order valence-electron chi connectivity index (χ2n) is 4.14. The molecule has 0 amide bonds. The minimum atomic E-state index is -0.843. The lowest BCUT2D eigenvalue weighted by molar-refractivity contribution is 0.0802. The van der Waals surface area contributed by atoms with Gasteiger partial charge in [0.25, 0.3) is 0 Å². The van der Waals surface area contributed by atoms with Gasteiger partial charge in [-0.05, 0) is 19.9 Å². The van der Waals surface area contributed by atoms with Crippen LogP contribution in [0.25, 0.3) is 10.9 Å². The number of benzene rings is 1. The van der Waals surface area contributed by atoms with Crippen LogP contribution in [0, 0.1) is 0 Å². The van der Waals surface area contributed by atoms with Gasteiger partial charge in [0.1, 0.15) is 5.75 Å². The Morgan fingerprint density at radius 2 is 2.07 bits per heavy atom. The molecule has 3 heteroatoms. The Bertz CT molecular complexity index is 480. The minimum absolute atomic E-state index is 0.794. The molecule has 0 aliphatic heterocycles. The van der Waals surface area contributed by atoms with E-state index in [4.69, 9.17) is 4.74 Å². The van der Waals surface area contributed by atoms with E-state index < -0.39 is 5.60 Å². The highest BCUT2D eigenvalue weighted by molar-refractivity contribution is 5.88. The van der Waals surface area contributed by atoms with Gasteiger partial charge in [0.15, 0.2) is 0 Å². The monoisotopic (exact) mass is 205 g/mol. The molecular formula is C12H15NO2. The summed E-state index contributed by atoms with van der Waals surface area (Å²) in [5, 5.41) is 11.0. The molecule has 80 valence electrons. The molecule has 0 fully saturated rings. The molecule has 1 aromatic heterocycles. The molecule has 0 atom stereocenters. The van der Waals surface area contributed by atoms with Crippen LogP contribution in [0.2, 0.25) is 0 Å². The fraction of sp³-hybridized carbons (Fsp3) is 0.333. The first-order chi connectivity index (χ1) is 7.04. The summed E-state index contributed by atoms with van der Waals surface area (Å²) in [6, 6.07) is 5.79. The first-order valence-electron chi connectivity index (χ1n) is 4.91. The van der Waals surface area contributed by atoms with Gasteiger partial charge in [-0.3, -0.25) is 0 Å². The van der Waals surface area contributed by atoms with Crippen LogP contribution >= 0.6 is 0 Å². The van der Waals surface area contributed by atoms with E-state index in [2.05, 4.69) is 4.98 Å². The average molecular weight is 205 g/mol. The van der Waals surface area contributed by atoms with Crippen molar-refractivity contribution < 1.29 is 9.84 Å². The third kappa shape index (κ3) is 1.59. The lowest BCUT2D eigenvalue weighted by Gasteiger charge is -2.16. The number of methoxy groups -OCH3 is 1. The van der Waals surface area contributed by atoms with Crippen LogP contribution in [-0.2, 0) is 5.60 Å². The number of para-hydroxylation sites is 1. The summed E-state index contributed by atoms with van der Waals surface area (Å²) in [4.78, 5) is 3.13. The number of ether oxygens (including phenoxy) is 1. The molecule has 0 saturated carbocycles. The first-order valence-corrected chi connectivity index (χ1v) is 4.91. The predicted molar refractivity (Wildman–Crippen MR) is 60.1 cm³/mol. The Balaban J connectivity index is 2.72. The van der Waals surface area contributed by atoms with Crippen LogP contribution in [0.4, 0.5) is 0 Å². The summed E-state index contributed by atoms with van der Waals surface area (Å²) in [7, 11) is 1.64. The van der Waals surface area contributed by atoms with E-state index >= 15 is 0 Å². The van der Waals surface area contributed by atoms with Crippen LogP contribution in [0.5, 0.6) is 5.75 Å². The van der Waals surface area contributed by atoms with E-state index in [1.165, 1.54) is 0 Å². The second-order valence-corrected chi connectivity index (χ2v) is 4.14. The highest BCUT2D eigenvalue weighted by Crippen LogP contribution is 2.32. The molecule has 1 aromatic carbocycles. The average Bonchev–Trinajstić information content (AvgIpc) is 2.59. The van der Waals surface area contributed by atoms with Gasteiger partial charge in [0.2, 0.25) is 0 Å². The predicted octanol–water partition coefficient (Wildman–Crippen LogP) is 2.40. The van der Waals surface area contributed by atoms with Gasteiger partial charge >= 0.3 is 0 Å². The Hall–Kier alpha value is -1.48. The molecule has 0 unspecified atom stereocenters. The highest BCUT2D eigenvalue weighted by Gasteiger charge is 2.20. The molecule has 0 bridgehead atoms. The molecule has 2 aromatic rings. The van der Waals surface area contributed by atoms with Crippen molar-refractivity contribution in [3.8, 4) is 5.75 Å². The van der Waals surface area contributed by atoms with E-state index in [0.29, 0.717) is 0 Å². The summed E-state index contributed by atoms with van der Waals surface area (Å²) < 4.78 is 5.24. The van der Waals surface area contributed by atoms with Crippen molar-refractivity contribution in [2.45, 2.75) is 19.4 Å². The third-order valence-corrected chi connectivity index (χ3v) is 2.56. The zero-order chi connectivity index (χ0) is 11.1. The fourth-order valence-corrected chi connectivity index (χ4v) is 1.80. The molecule has 3 nitrogen and oxygen atoms in total. The number of hydrogen-bond acceptors (Lipinski definition) is 2. The normalized spacial score (nSPS) is 12.0. The maximum absolute atomic E-state index is 9.98. The number of aromatic amines is 1. The van der Waals surface area contributed by atoms with Gasteiger partial charge in [0.05, 0.1) is 18.2 Å². The van der Waals surface area contributed by atoms with Crippen LogP contribution in [0.3, 0.4) is 0 Å². The number of aliphatic hydroxyl groups is 1. The summed E-state index contributed by atoms with van der Waals surface area (Å²) in [5.74, 6) is 0.794. The summed E-state index contributed by atoms with van der Waals surface area (Å²) in [6.07, 6.45) is 1.83. The lowest BCUT2D eigenvalue weighted by atomic mass is 9.98. The molecular weight excluding hydrogens is 190 g/mol. The lowest BCUT2D eigenvalue weighted by Crippen LogP contribution is -2.14. The van der Waals surface area contributed by atoms with E-state index in [0.717, 1.165) is 22.2 Å².